The molecule has 1 fully saturated rings. The van der Waals surface area contributed by atoms with Gasteiger partial charge in [-0.3, -0.25) is 4.79 Å². The first-order valence-corrected chi connectivity index (χ1v) is 6.40. The van der Waals surface area contributed by atoms with Gasteiger partial charge in [-0.15, -0.1) is 0 Å². The van der Waals surface area contributed by atoms with Gasteiger partial charge < -0.3 is 20.5 Å². The van der Waals surface area contributed by atoms with Gasteiger partial charge in [0, 0.05) is 12.7 Å². The van der Waals surface area contributed by atoms with Crippen molar-refractivity contribution in [1.29, 1.82) is 5.26 Å². The van der Waals surface area contributed by atoms with Crippen LogP contribution in [0.5, 0.6) is 0 Å². The van der Waals surface area contributed by atoms with Crippen molar-refractivity contribution in [2.24, 2.45) is 0 Å². The van der Waals surface area contributed by atoms with E-state index in [1.807, 2.05) is 0 Å². The van der Waals surface area contributed by atoms with Crippen molar-refractivity contribution in [3.8, 4) is 6.07 Å². The van der Waals surface area contributed by atoms with Crippen LogP contribution in [0, 0.1) is 11.3 Å². The number of hydrogen-bond acceptors (Lipinski definition) is 6. The molecule has 0 radical (unpaired) electrons. The zero-order chi connectivity index (χ0) is 15.3. The molecular formula is C13H15N5O3. The van der Waals surface area contributed by atoms with E-state index in [2.05, 4.69) is 26.3 Å². The summed E-state index contributed by atoms with van der Waals surface area (Å²) in [7, 11) is 0. The Balaban J connectivity index is 0.000000497. The smallest absolute Gasteiger partial charge is 0.290 e. The second-order valence-electron chi connectivity index (χ2n) is 4.80. The van der Waals surface area contributed by atoms with Gasteiger partial charge in [-0.05, 0) is 19.3 Å². The summed E-state index contributed by atoms with van der Waals surface area (Å²) < 4.78 is 0. The van der Waals surface area contributed by atoms with E-state index < -0.39 is 5.60 Å². The molecule has 3 rings (SSSR count). The fraction of sp³-hybridized carbons (Fsp3) is 0.385. The Kier molecular flexibility index (Phi) is 4.35. The zero-order valence-corrected chi connectivity index (χ0v) is 11.2. The Bertz CT molecular complexity index is 672. The number of nitrogens with one attached hydrogen (secondary N) is 2. The van der Waals surface area contributed by atoms with Crippen LogP contribution in [-0.2, 0) is 4.79 Å². The number of fused-ring (bicyclic) bond motifs is 1. The molecule has 0 atom stereocenters. The summed E-state index contributed by atoms with van der Waals surface area (Å²) in [6.07, 6.45) is 5.74. The Hall–Kier alpha value is -2.66. The van der Waals surface area contributed by atoms with Gasteiger partial charge in [-0.2, -0.15) is 5.26 Å². The second kappa shape index (κ2) is 6.19. The normalized spacial score (nSPS) is 15.2. The summed E-state index contributed by atoms with van der Waals surface area (Å²) in [6.45, 7) is 0.204. The highest BCUT2D eigenvalue weighted by atomic mass is 16.3. The molecule has 2 aromatic rings. The molecule has 1 aliphatic carbocycles. The number of aliphatic hydroxyl groups is 1. The van der Waals surface area contributed by atoms with E-state index in [4.69, 9.17) is 15.2 Å². The minimum absolute atomic E-state index is 0.250. The van der Waals surface area contributed by atoms with Gasteiger partial charge in [0.1, 0.15) is 23.9 Å². The van der Waals surface area contributed by atoms with Crippen molar-refractivity contribution >= 4 is 23.3 Å². The quantitative estimate of drug-likeness (QED) is 0.615. The molecule has 1 aliphatic rings. The number of H-pyrrole nitrogens is 1. The number of aromatic amines is 1. The number of anilines is 1. The topological polar surface area (TPSA) is 135 Å². The lowest BCUT2D eigenvalue weighted by Gasteiger charge is -2.36. The summed E-state index contributed by atoms with van der Waals surface area (Å²) in [5.74, 6) is 0.595. The van der Waals surface area contributed by atoms with Crippen LogP contribution in [0.4, 0.5) is 5.82 Å². The van der Waals surface area contributed by atoms with Gasteiger partial charge in [0.2, 0.25) is 0 Å². The lowest BCUT2D eigenvalue weighted by atomic mass is 9.80. The average Bonchev–Trinajstić information content (AvgIpc) is 2.87. The Labute approximate surface area is 120 Å². The average molecular weight is 289 g/mol. The fourth-order valence-corrected chi connectivity index (χ4v) is 2.19. The number of nitrogens with zero attached hydrogens (tertiary/aromatic N) is 3. The van der Waals surface area contributed by atoms with E-state index in [1.165, 1.54) is 6.33 Å². The van der Waals surface area contributed by atoms with Crippen LogP contribution >= 0.6 is 0 Å². The van der Waals surface area contributed by atoms with Crippen LogP contribution in [0.3, 0.4) is 0 Å². The maximum atomic E-state index is 10.0. The lowest BCUT2D eigenvalue weighted by molar-refractivity contribution is -0.122. The number of nitriles is 1. The van der Waals surface area contributed by atoms with E-state index >= 15 is 0 Å². The molecule has 110 valence electrons. The highest BCUT2D eigenvalue weighted by Crippen LogP contribution is 2.32. The molecule has 8 nitrogen and oxygen atoms in total. The molecule has 0 bridgehead atoms. The molecule has 0 amide bonds. The van der Waals surface area contributed by atoms with Crippen LogP contribution < -0.4 is 5.32 Å². The van der Waals surface area contributed by atoms with Crippen LogP contribution in [0.2, 0.25) is 0 Å². The van der Waals surface area contributed by atoms with Gasteiger partial charge in [0.25, 0.3) is 6.47 Å². The summed E-state index contributed by atoms with van der Waals surface area (Å²) in [4.78, 5) is 19.5. The SMILES string of the molecule is N#Cc1c[nH]c2ncnc(NCC3(O)CCC3)c12.O=CO. The zero-order valence-electron chi connectivity index (χ0n) is 11.2. The second-order valence-corrected chi connectivity index (χ2v) is 4.80. The van der Waals surface area contributed by atoms with Crippen molar-refractivity contribution in [2.75, 3.05) is 11.9 Å². The van der Waals surface area contributed by atoms with Crippen molar-refractivity contribution in [3.05, 3.63) is 18.1 Å². The molecule has 4 N–H and O–H groups in total. The monoisotopic (exact) mass is 289 g/mol. The number of carbonyl (C=O) groups is 1. The first-order valence-electron chi connectivity index (χ1n) is 6.40. The van der Waals surface area contributed by atoms with Crippen LogP contribution in [-0.4, -0.2) is 43.8 Å². The van der Waals surface area contributed by atoms with Gasteiger partial charge in [0.15, 0.2) is 0 Å². The Morgan fingerprint density at radius 2 is 2.24 bits per heavy atom. The molecule has 2 heterocycles. The van der Waals surface area contributed by atoms with Crippen LogP contribution in [0.15, 0.2) is 12.5 Å². The van der Waals surface area contributed by atoms with Gasteiger partial charge in [-0.1, -0.05) is 0 Å². The molecule has 0 saturated heterocycles. The Morgan fingerprint density at radius 1 is 1.52 bits per heavy atom. The van der Waals surface area contributed by atoms with E-state index in [0.717, 1.165) is 19.3 Å². The minimum atomic E-state index is -0.625. The molecule has 21 heavy (non-hydrogen) atoms. The van der Waals surface area contributed by atoms with E-state index in [9.17, 15) is 5.11 Å². The number of hydrogen-bond donors (Lipinski definition) is 4. The highest BCUT2D eigenvalue weighted by molar-refractivity contribution is 5.92. The Morgan fingerprint density at radius 3 is 2.81 bits per heavy atom. The molecule has 0 unspecified atom stereocenters. The predicted octanol–water partition coefficient (Wildman–Crippen LogP) is 0.857. The van der Waals surface area contributed by atoms with Gasteiger partial charge in [0.05, 0.1) is 16.6 Å². The maximum absolute atomic E-state index is 10.0. The third-order valence-corrected chi connectivity index (χ3v) is 3.46. The predicted molar refractivity (Wildman–Crippen MR) is 74.6 cm³/mol. The highest BCUT2D eigenvalue weighted by Gasteiger charge is 2.34. The van der Waals surface area contributed by atoms with Crippen molar-refractivity contribution < 1.29 is 15.0 Å². The van der Waals surface area contributed by atoms with Crippen LogP contribution in [0.1, 0.15) is 24.8 Å². The summed E-state index contributed by atoms with van der Waals surface area (Å²) >= 11 is 0. The number of aromatic nitrogens is 3. The van der Waals surface area contributed by atoms with Crippen molar-refractivity contribution in [3.63, 3.8) is 0 Å². The summed E-state index contributed by atoms with van der Waals surface area (Å²) in [6, 6.07) is 2.10. The maximum Gasteiger partial charge on any atom is 0.290 e. The number of carboxylic acid groups (broad SMARTS) is 1. The third-order valence-electron chi connectivity index (χ3n) is 3.46. The largest absolute Gasteiger partial charge is 0.483 e. The molecule has 1 saturated carbocycles. The van der Waals surface area contributed by atoms with Gasteiger partial charge in [-0.25, -0.2) is 9.97 Å². The van der Waals surface area contributed by atoms with Crippen molar-refractivity contribution in [2.45, 2.75) is 24.9 Å². The number of rotatable bonds is 3. The molecule has 0 aromatic carbocycles. The van der Waals surface area contributed by atoms with Crippen molar-refractivity contribution in [1.82, 2.24) is 15.0 Å². The first-order chi connectivity index (χ1) is 10.1. The summed E-state index contributed by atoms with van der Waals surface area (Å²) in [5, 5.41) is 29.8. The van der Waals surface area contributed by atoms with E-state index in [0.29, 0.717) is 29.0 Å². The summed E-state index contributed by atoms with van der Waals surface area (Å²) in [5.41, 5.74) is 0.513. The molecule has 0 aliphatic heterocycles. The fourth-order valence-electron chi connectivity index (χ4n) is 2.19. The lowest BCUT2D eigenvalue weighted by Crippen LogP contribution is -2.43. The molecule has 0 spiro atoms. The molecule has 2 aromatic heterocycles. The van der Waals surface area contributed by atoms with E-state index in [1.54, 1.807) is 6.20 Å². The van der Waals surface area contributed by atoms with E-state index in [-0.39, 0.29) is 6.47 Å². The minimum Gasteiger partial charge on any atom is -0.483 e. The van der Waals surface area contributed by atoms with Gasteiger partial charge >= 0.3 is 0 Å². The molecule has 8 heteroatoms. The van der Waals surface area contributed by atoms with Crippen LogP contribution in [0.25, 0.3) is 11.0 Å². The third kappa shape index (κ3) is 3.09. The standard InChI is InChI=1S/C12H13N5O.CH2O2/c13-4-8-5-14-10-9(8)11(17-7-16-10)15-6-12(18)2-1-3-12;2-1-3/h5,7,18H,1-3,6H2,(H2,14,15,16,17);1H,(H,2,3). The first kappa shape index (κ1) is 14.7. The molecular weight excluding hydrogens is 274 g/mol.